The lowest BCUT2D eigenvalue weighted by molar-refractivity contribution is 0.372. The van der Waals surface area contributed by atoms with Crippen LogP contribution in [0.3, 0.4) is 0 Å². The van der Waals surface area contributed by atoms with Crippen molar-refractivity contribution in [2.24, 2.45) is 5.92 Å². The SMILES string of the molecule is CC.CC.CC(C)C(C)(C)c1ccc(-c2cc(F)cc(O)c2O)cc1. The van der Waals surface area contributed by atoms with Gasteiger partial charge in [0.05, 0.1) is 0 Å². The van der Waals surface area contributed by atoms with E-state index in [4.69, 9.17) is 0 Å². The third-order valence-corrected chi connectivity index (χ3v) is 4.44. The van der Waals surface area contributed by atoms with E-state index in [0.717, 1.165) is 6.07 Å². The molecule has 0 saturated heterocycles. The third kappa shape index (κ3) is 5.48. The van der Waals surface area contributed by atoms with Gasteiger partial charge >= 0.3 is 0 Å². The summed E-state index contributed by atoms with van der Waals surface area (Å²) in [6.07, 6.45) is 0. The number of phenolic OH excluding ortho intramolecular Hbond substituents is 2. The molecule has 25 heavy (non-hydrogen) atoms. The van der Waals surface area contributed by atoms with Crippen LogP contribution in [0.2, 0.25) is 0 Å². The maximum atomic E-state index is 13.4. The molecule has 2 aromatic carbocycles. The number of benzene rings is 2. The largest absolute Gasteiger partial charge is 0.504 e. The number of rotatable bonds is 3. The molecule has 0 fully saturated rings. The van der Waals surface area contributed by atoms with E-state index in [1.165, 1.54) is 11.6 Å². The molecule has 0 bridgehead atoms. The highest BCUT2D eigenvalue weighted by Gasteiger charge is 2.24. The van der Waals surface area contributed by atoms with Crippen LogP contribution in [0.5, 0.6) is 11.5 Å². The van der Waals surface area contributed by atoms with Gasteiger partial charge in [-0.2, -0.15) is 0 Å². The van der Waals surface area contributed by atoms with E-state index >= 15 is 0 Å². The summed E-state index contributed by atoms with van der Waals surface area (Å²) in [6, 6.07) is 9.76. The molecule has 2 N–H and O–H groups in total. The zero-order valence-corrected chi connectivity index (χ0v) is 16.8. The van der Waals surface area contributed by atoms with Crippen LogP contribution < -0.4 is 0 Å². The Labute approximate surface area is 152 Å². The molecule has 0 aromatic heterocycles. The summed E-state index contributed by atoms with van der Waals surface area (Å²) < 4.78 is 13.4. The van der Waals surface area contributed by atoms with Gasteiger partial charge in [0.1, 0.15) is 5.82 Å². The van der Waals surface area contributed by atoms with Crippen LogP contribution >= 0.6 is 0 Å². The Kier molecular flexibility index (Phi) is 9.25. The average molecular weight is 349 g/mol. The summed E-state index contributed by atoms with van der Waals surface area (Å²) in [5, 5.41) is 19.4. The maximum Gasteiger partial charge on any atom is 0.165 e. The van der Waals surface area contributed by atoms with Gasteiger partial charge in [-0.25, -0.2) is 4.39 Å². The van der Waals surface area contributed by atoms with Gasteiger partial charge in [0.2, 0.25) is 0 Å². The molecule has 140 valence electrons. The van der Waals surface area contributed by atoms with Gasteiger partial charge in [-0.05, 0) is 28.5 Å². The number of hydrogen-bond acceptors (Lipinski definition) is 2. The fraction of sp³-hybridized carbons (Fsp3) is 0.455. The van der Waals surface area contributed by atoms with Crippen molar-refractivity contribution in [3.63, 3.8) is 0 Å². The smallest absolute Gasteiger partial charge is 0.165 e. The molecule has 0 unspecified atom stereocenters. The van der Waals surface area contributed by atoms with Crippen LogP contribution in [0.25, 0.3) is 11.1 Å². The first-order valence-corrected chi connectivity index (χ1v) is 9.06. The Morgan fingerprint density at radius 3 is 1.80 bits per heavy atom. The highest BCUT2D eigenvalue weighted by molar-refractivity contribution is 5.73. The summed E-state index contributed by atoms with van der Waals surface area (Å²) in [5.74, 6) is -0.842. The summed E-state index contributed by atoms with van der Waals surface area (Å²) in [7, 11) is 0. The van der Waals surface area contributed by atoms with E-state index < -0.39 is 11.6 Å². The van der Waals surface area contributed by atoms with Crippen LogP contribution in [0.1, 0.15) is 61.0 Å². The minimum absolute atomic E-state index is 0.0324. The van der Waals surface area contributed by atoms with E-state index in [0.29, 0.717) is 17.0 Å². The Balaban J connectivity index is 0.00000134. The van der Waals surface area contributed by atoms with Crippen molar-refractivity contribution in [1.82, 2.24) is 0 Å². The van der Waals surface area contributed by atoms with Gasteiger partial charge in [0, 0.05) is 11.6 Å². The van der Waals surface area contributed by atoms with Crippen LogP contribution in [0, 0.1) is 11.7 Å². The molecule has 0 radical (unpaired) electrons. The summed E-state index contributed by atoms with van der Waals surface area (Å²) in [6.45, 7) is 16.7. The van der Waals surface area contributed by atoms with Gasteiger partial charge in [-0.3, -0.25) is 0 Å². The van der Waals surface area contributed by atoms with E-state index in [-0.39, 0.29) is 11.2 Å². The normalized spacial score (nSPS) is 10.5. The number of phenols is 2. The number of hydrogen-bond donors (Lipinski definition) is 2. The molecule has 0 aliphatic heterocycles. The van der Waals surface area contributed by atoms with Crippen molar-refractivity contribution < 1.29 is 14.6 Å². The van der Waals surface area contributed by atoms with E-state index in [9.17, 15) is 14.6 Å². The summed E-state index contributed by atoms with van der Waals surface area (Å²) >= 11 is 0. The molecule has 0 amide bonds. The molecular weight excluding hydrogens is 315 g/mol. The minimum Gasteiger partial charge on any atom is -0.504 e. The van der Waals surface area contributed by atoms with Crippen molar-refractivity contribution >= 4 is 0 Å². The fourth-order valence-electron chi connectivity index (χ4n) is 2.22. The van der Waals surface area contributed by atoms with Gasteiger partial charge in [0.15, 0.2) is 11.5 Å². The zero-order chi connectivity index (χ0) is 19.8. The molecule has 0 saturated carbocycles. The van der Waals surface area contributed by atoms with Crippen molar-refractivity contribution in [3.05, 3.63) is 47.8 Å². The molecule has 2 nitrogen and oxygen atoms in total. The summed E-state index contributed by atoms with van der Waals surface area (Å²) in [4.78, 5) is 0. The topological polar surface area (TPSA) is 40.5 Å². The number of aromatic hydroxyl groups is 2. The van der Waals surface area contributed by atoms with Gasteiger partial charge in [-0.1, -0.05) is 79.7 Å². The first-order chi connectivity index (χ1) is 11.7. The van der Waals surface area contributed by atoms with Gasteiger partial charge < -0.3 is 10.2 Å². The first kappa shape index (κ1) is 23.0. The minimum atomic E-state index is -0.577. The second-order valence-electron chi connectivity index (χ2n) is 6.27. The molecule has 0 heterocycles. The molecular formula is C22H33FO2. The highest BCUT2D eigenvalue weighted by Crippen LogP contribution is 2.38. The van der Waals surface area contributed by atoms with Crippen LogP contribution in [0.15, 0.2) is 36.4 Å². The first-order valence-electron chi connectivity index (χ1n) is 9.06. The molecule has 0 spiro atoms. The van der Waals surface area contributed by atoms with Gasteiger partial charge in [-0.15, -0.1) is 0 Å². The predicted octanol–water partition coefficient (Wildman–Crippen LogP) is 6.89. The Hall–Kier alpha value is -2.03. The van der Waals surface area contributed by atoms with E-state index in [1.807, 2.05) is 52.0 Å². The van der Waals surface area contributed by atoms with Crippen LogP contribution in [-0.4, -0.2) is 10.2 Å². The monoisotopic (exact) mass is 348 g/mol. The average Bonchev–Trinajstić information content (AvgIpc) is 2.61. The highest BCUT2D eigenvalue weighted by atomic mass is 19.1. The van der Waals surface area contributed by atoms with Crippen molar-refractivity contribution in [2.75, 3.05) is 0 Å². The lowest BCUT2D eigenvalue weighted by atomic mass is 9.75. The Bertz CT molecular complexity index is 644. The van der Waals surface area contributed by atoms with Crippen molar-refractivity contribution in [1.29, 1.82) is 0 Å². The van der Waals surface area contributed by atoms with E-state index in [2.05, 4.69) is 27.7 Å². The fourth-order valence-corrected chi connectivity index (χ4v) is 2.22. The predicted molar refractivity (Wildman–Crippen MR) is 106 cm³/mol. The lowest BCUT2D eigenvalue weighted by Crippen LogP contribution is -2.24. The van der Waals surface area contributed by atoms with Crippen molar-refractivity contribution in [2.45, 2.75) is 60.8 Å². The van der Waals surface area contributed by atoms with Gasteiger partial charge in [0.25, 0.3) is 0 Å². The molecule has 0 aliphatic carbocycles. The van der Waals surface area contributed by atoms with E-state index in [1.54, 1.807) is 0 Å². The lowest BCUT2D eigenvalue weighted by Gasteiger charge is -2.30. The molecule has 2 rings (SSSR count). The third-order valence-electron chi connectivity index (χ3n) is 4.44. The van der Waals surface area contributed by atoms with Crippen LogP contribution in [-0.2, 0) is 5.41 Å². The molecule has 0 atom stereocenters. The second kappa shape index (κ2) is 10.1. The maximum absolute atomic E-state index is 13.4. The Morgan fingerprint density at radius 1 is 0.880 bits per heavy atom. The molecule has 0 aliphatic rings. The quantitative estimate of drug-likeness (QED) is 0.593. The standard InChI is InChI=1S/C18H21FO2.2C2H6/c1-11(2)18(3,4)13-7-5-12(6-8-13)15-9-14(19)10-16(20)17(15)21;2*1-2/h5-11,20-21H,1-4H3;2*1-2H3. The molecule has 3 heteroatoms. The molecule has 2 aromatic rings. The number of halogens is 1. The zero-order valence-electron chi connectivity index (χ0n) is 16.8. The second-order valence-corrected chi connectivity index (χ2v) is 6.27. The van der Waals surface area contributed by atoms with Crippen molar-refractivity contribution in [3.8, 4) is 22.6 Å². The Morgan fingerprint density at radius 2 is 1.36 bits per heavy atom. The summed E-state index contributed by atoms with van der Waals surface area (Å²) in [5.41, 5.74) is 2.18. The van der Waals surface area contributed by atoms with Crippen LogP contribution in [0.4, 0.5) is 4.39 Å².